The fourth-order valence-electron chi connectivity index (χ4n) is 2.58. The molecule has 4 amide bonds. The van der Waals surface area contributed by atoms with Gasteiger partial charge >= 0.3 is 0 Å². The first-order valence-electron chi connectivity index (χ1n) is 8.58. The number of aldehydes is 1. The van der Waals surface area contributed by atoms with Crippen LogP contribution in [0.5, 0.6) is 0 Å². The first-order chi connectivity index (χ1) is 13.0. The third-order valence-corrected chi connectivity index (χ3v) is 3.94. The lowest BCUT2D eigenvalue weighted by molar-refractivity contribution is -0.137. The molecular formula is C19H21N3O5. The maximum atomic E-state index is 11.9. The Morgan fingerprint density at radius 1 is 1.04 bits per heavy atom. The molecule has 0 unspecified atom stereocenters. The Kier molecular flexibility index (Phi) is 7.42. The average Bonchev–Trinajstić information content (AvgIpc) is 2.98. The number of hydrogen-bond acceptors (Lipinski definition) is 5. The van der Waals surface area contributed by atoms with E-state index in [0.29, 0.717) is 19.1 Å². The SMILES string of the molecule is O=C[C@H](Cc1ccccc1)NC(=O)CNC(=O)CCCN1C(=O)C=CC1=O. The van der Waals surface area contributed by atoms with Gasteiger partial charge in [-0.1, -0.05) is 30.3 Å². The predicted octanol–water partition coefficient (Wildman–Crippen LogP) is -0.266. The van der Waals surface area contributed by atoms with Crippen molar-refractivity contribution < 1.29 is 24.0 Å². The molecule has 0 spiro atoms. The number of benzene rings is 1. The van der Waals surface area contributed by atoms with Crippen LogP contribution in [0.1, 0.15) is 18.4 Å². The summed E-state index contributed by atoms with van der Waals surface area (Å²) in [5.74, 6) is -1.62. The van der Waals surface area contributed by atoms with E-state index < -0.39 is 23.8 Å². The summed E-state index contributed by atoms with van der Waals surface area (Å²) in [6.45, 7) is -0.102. The van der Waals surface area contributed by atoms with Crippen LogP contribution in [0, 0.1) is 0 Å². The van der Waals surface area contributed by atoms with E-state index in [0.717, 1.165) is 10.5 Å². The van der Waals surface area contributed by atoms with E-state index in [-0.39, 0.29) is 25.4 Å². The number of amides is 4. The van der Waals surface area contributed by atoms with Crippen LogP contribution in [0.4, 0.5) is 0 Å². The summed E-state index contributed by atoms with van der Waals surface area (Å²) in [7, 11) is 0. The molecule has 1 atom stereocenters. The maximum Gasteiger partial charge on any atom is 0.253 e. The molecule has 27 heavy (non-hydrogen) atoms. The largest absolute Gasteiger partial charge is 0.347 e. The highest BCUT2D eigenvalue weighted by atomic mass is 16.2. The van der Waals surface area contributed by atoms with E-state index in [9.17, 15) is 24.0 Å². The topological polar surface area (TPSA) is 113 Å². The molecule has 1 aromatic rings. The van der Waals surface area contributed by atoms with Crippen LogP contribution in [0.25, 0.3) is 0 Å². The Balaban J connectivity index is 1.65. The lowest BCUT2D eigenvalue weighted by Gasteiger charge is -2.14. The van der Waals surface area contributed by atoms with Gasteiger partial charge in [-0.3, -0.25) is 24.1 Å². The van der Waals surface area contributed by atoms with Gasteiger partial charge in [0.15, 0.2) is 0 Å². The standard InChI is InChI=1S/C19H21N3O5/c23-13-15(11-14-5-2-1-3-6-14)21-17(25)12-20-16(24)7-4-10-22-18(26)8-9-19(22)27/h1-3,5-6,8-9,13,15H,4,7,10-12H2,(H,20,24)(H,21,25)/t15-/m0/s1. The van der Waals surface area contributed by atoms with Crippen molar-refractivity contribution in [2.75, 3.05) is 13.1 Å². The summed E-state index contributed by atoms with van der Waals surface area (Å²) >= 11 is 0. The van der Waals surface area contributed by atoms with Crippen molar-refractivity contribution >= 4 is 29.9 Å². The molecule has 2 N–H and O–H groups in total. The summed E-state index contributed by atoms with van der Waals surface area (Å²) in [5.41, 5.74) is 0.916. The highest BCUT2D eigenvalue weighted by Crippen LogP contribution is 2.05. The third-order valence-electron chi connectivity index (χ3n) is 3.94. The van der Waals surface area contributed by atoms with Gasteiger partial charge in [-0.2, -0.15) is 0 Å². The smallest absolute Gasteiger partial charge is 0.253 e. The van der Waals surface area contributed by atoms with Crippen molar-refractivity contribution in [2.45, 2.75) is 25.3 Å². The fourth-order valence-corrected chi connectivity index (χ4v) is 2.58. The molecular weight excluding hydrogens is 350 g/mol. The van der Waals surface area contributed by atoms with Crippen molar-refractivity contribution in [1.29, 1.82) is 0 Å². The minimum absolute atomic E-state index is 0.0749. The van der Waals surface area contributed by atoms with Crippen LogP contribution in [0.2, 0.25) is 0 Å². The van der Waals surface area contributed by atoms with Gasteiger partial charge in [-0.05, 0) is 18.4 Å². The Hall–Kier alpha value is -3.29. The van der Waals surface area contributed by atoms with E-state index in [1.54, 1.807) is 0 Å². The van der Waals surface area contributed by atoms with E-state index in [4.69, 9.17) is 0 Å². The molecule has 8 heteroatoms. The lowest BCUT2D eigenvalue weighted by Crippen LogP contribution is -2.43. The van der Waals surface area contributed by atoms with Crippen LogP contribution in [0.3, 0.4) is 0 Å². The third kappa shape index (κ3) is 6.50. The molecule has 0 aliphatic carbocycles. The normalized spacial score (nSPS) is 14.1. The molecule has 1 aliphatic heterocycles. The highest BCUT2D eigenvalue weighted by Gasteiger charge is 2.22. The lowest BCUT2D eigenvalue weighted by atomic mass is 10.1. The van der Waals surface area contributed by atoms with E-state index in [2.05, 4.69) is 10.6 Å². The van der Waals surface area contributed by atoms with Crippen molar-refractivity contribution in [2.24, 2.45) is 0 Å². The zero-order valence-corrected chi connectivity index (χ0v) is 14.7. The number of rotatable bonds is 10. The molecule has 0 bridgehead atoms. The van der Waals surface area contributed by atoms with Gasteiger partial charge in [-0.25, -0.2) is 0 Å². The fraction of sp³-hybridized carbons (Fsp3) is 0.316. The van der Waals surface area contributed by atoms with Crippen molar-refractivity contribution in [3.63, 3.8) is 0 Å². The maximum absolute atomic E-state index is 11.9. The number of nitrogens with one attached hydrogen (secondary N) is 2. The monoisotopic (exact) mass is 371 g/mol. The molecule has 1 aromatic carbocycles. The van der Waals surface area contributed by atoms with Gasteiger partial charge in [0, 0.05) is 25.1 Å². The Morgan fingerprint density at radius 3 is 2.33 bits per heavy atom. The molecule has 1 aliphatic rings. The minimum Gasteiger partial charge on any atom is -0.347 e. The van der Waals surface area contributed by atoms with Crippen molar-refractivity contribution in [3.05, 3.63) is 48.0 Å². The number of hydrogen-bond donors (Lipinski definition) is 2. The zero-order chi connectivity index (χ0) is 19.6. The number of carbonyl (C=O) groups is 5. The van der Waals surface area contributed by atoms with Crippen LogP contribution in [-0.2, 0) is 30.4 Å². The van der Waals surface area contributed by atoms with Crippen LogP contribution in [0.15, 0.2) is 42.5 Å². The average molecular weight is 371 g/mol. The zero-order valence-electron chi connectivity index (χ0n) is 14.7. The predicted molar refractivity (Wildman–Crippen MR) is 96.2 cm³/mol. The molecule has 0 saturated carbocycles. The van der Waals surface area contributed by atoms with Gasteiger partial charge in [0.1, 0.15) is 6.29 Å². The number of imide groups is 1. The summed E-state index contributed by atoms with van der Waals surface area (Å²) in [6.07, 6.45) is 3.78. The van der Waals surface area contributed by atoms with Gasteiger partial charge in [0.25, 0.3) is 11.8 Å². The second-order valence-electron chi connectivity index (χ2n) is 6.04. The summed E-state index contributed by atoms with van der Waals surface area (Å²) < 4.78 is 0. The molecule has 8 nitrogen and oxygen atoms in total. The molecule has 142 valence electrons. The Bertz CT molecular complexity index is 727. The number of carbonyl (C=O) groups excluding carboxylic acids is 5. The van der Waals surface area contributed by atoms with Crippen LogP contribution < -0.4 is 10.6 Å². The second kappa shape index (κ2) is 10.0. The molecule has 0 fully saturated rings. The van der Waals surface area contributed by atoms with Crippen LogP contribution in [-0.4, -0.2) is 53.9 Å². The van der Waals surface area contributed by atoms with E-state index >= 15 is 0 Å². The summed E-state index contributed by atoms with van der Waals surface area (Å²) in [4.78, 5) is 58.6. The first kappa shape index (κ1) is 20.0. The summed E-state index contributed by atoms with van der Waals surface area (Å²) in [6, 6.07) is 8.60. The molecule has 2 rings (SSSR count). The molecule has 0 saturated heterocycles. The van der Waals surface area contributed by atoms with Gasteiger partial charge in [-0.15, -0.1) is 0 Å². The first-order valence-corrected chi connectivity index (χ1v) is 8.58. The van der Waals surface area contributed by atoms with Crippen LogP contribution >= 0.6 is 0 Å². The molecule has 0 radical (unpaired) electrons. The molecule has 1 heterocycles. The second-order valence-corrected chi connectivity index (χ2v) is 6.04. The van der Waals surface area contributed by atoms with Gasteiger partial charge < -0.3 is 15.4 Å². The number of nitrogens with zero attached hydrogens (tertiary/aromatic N) is 1. The van der Waals surface area contributed by atoms with Crippen molar-refractivity contribution in [3.8, 4) is 0 Å². The van der Waals surface area contributed by atoms with E-state index in [1.165, 1.54) is 12.2 Å². The Morgan fingerprint density at radius 2 is 1.70 bits per heavy atom. The summed E-state index contributed by atoms with van der Waals surface area (Å²) in [5, 5.41) is 5.01. The molecule has 0 aromatic heterocycles. The van der Waals surface area contributed by atoms with Crippen molar-refractivity contribution in [1.82, 2.24) is 15.5 Å². The quantitative estimate of drug-likeness (QED) is 0.434. The Labute approximate surface area is 156 Å². The minimum atomic E-state index is -0.670. The van der Waals surface area contributed by atoms with E-state index in [1.807, 2.05) is 30.3 Å². The van der Waals surface area contributed by atoms with Gasteiger partial charge in [0.2, 0.25) is 11.8 Å². The van der Waals surface area contributed by atoms with Gasteiger partial charge in [0.05, 0.1) is 12.6 Å². The highest BCUT2D eigenvalue weighted by molar-refractivity contribution is 6.12.